The molecule has 2 amide bonds. The van der Waals surface area contributed by atoms with E-state index < -0.39 is 0 Å². The number of aromatic amines is 1. The first kappa shape index (κ1) is 15.4. The summed E-state index contributed by atoms with van der Waals surface area (Å²) >= 11 is 5.35. The molecular formula is C18H18N3OS+. The van der Waals surface area contributed by atoms with Crippen LogP contribution in [0, 0.1) is 0 Å². The molecule has 5 heteroatoms. The number of fused-ring (bicyclic) bond motifs is 1. The number of nitrogens with one attached hydrogen (secondary N) is 2. The van der Waals surface area contributed by atoms with Crippen LogP contribution >= 0.6 is 0 Å². The summed E-state index contributed by atoms with van der Waals surface area (Å²) < 4.78 is 1.34. The molecule has 4 nitrogen and oxygen atoms in total. The van der Waals surface area contributed by atoms with Crippen molar-refractivity contribution in [2.45, 2.75) is 19.4 Å². The molecule has 0 unspecified atom stereocenters. The second-order valence-electron chi connectivity index (χ2n) is 5.37. The van der Waals surface area contributed by atoms with Gasteiger partial charge < -0.3 is 4.98 Å². The third-order valence-corrected chi connectivity index (χ3v) is 4.28. The van der Waals surface area contributed by atoms with Crippen molar-refractivity contribution in [3.8, 4) is 0 Å². The molecule has 0 aliphatic rings. The predicted octanol–water partition coefficient (Wildman–Crippen LogP) is 4.59. The van der Waals surface area contributed by atoms with Gasteiger partial charge in [0.05, 0.1) is 0 Å². The van der Waals surface area contributed by atoms with Crippen LogP contribution in [0.1, 0.15) is 24.9 Å². The van der Waals surface area contributed by atoms with Gasteiger partial charge in [0.15, 0.2) is 0 Å². The Morgan fingerprint density at radius 2 is 2.00 bits per heavy atom. The van der Waals surface area contributed by atoms with E-state index in [2.05, 4.69) is 10.3 Å². The number of urea groups is 1. The summed E-state index contributed by atoms with van der Waals surface area (Å²) in [6.07, 6.45) is 2.63. The first-order valence-corrected chi connectivity index (χ1v) is 7.95. The van der Waals surface area contributed by atoms with Gasteiger partial charge in [0.2, 0.25) is 0 Å². The standard InChI is InChI=1S/C18H17N3OS/c1-2-17(14-6-4-3-5-7-14)21(23)18(22)20-15-9-8-13-10-11-19-16(13)12-15/h3-12,17H,2H2,1H3,(H-,19,20,22,23)/p+1/t17-/m0/s1. The van der Waals surface area contributed by atoms with Gasteiger partial charge in [-0.05, 0) is 35.6 Å². The van der Waals surface area contributed by atoms with Crippen LogP contribution in [0.4, 0.5) is 10.5 Å². The summed E-state index contributed by atoms with van der Waals surface area (Å²) in [7, 11) is 0. The number of rotatable bonds is 4. The first-order chi connectivity index (χ1) is 11.2. The number of H-pyrrole nitrogens is 1. The minimum atomic E-state index is -0.290. The second kappa shape index (κ2) is 6.71. The highest BCUT2D eigenvalue weighted by Crippen LogP contribution is 2.22. The number of carbonyl (C=O) groups is 1. The Kier molecular flexibility index (Phi) is 4.48. The van der Waals surface area contributed by atoms with E-state index in [0.29, 0.717) is 0 Å². The highest BCUT2D eigenvalue weighted by atomic mass is 32.1. The summed E-state index contributed by atoms with van der Waals surface area (Å²) in [4.78, 5) is 15.6. The van der Waals surface area contributed by atoms with E-state index in [-0.39, 0.29) is 12.1 Å². The van der Waals surface area contributed by atoms with Crippen LogP contribution in [0.25, 0.3) is 10.9 Å². The number of nitrogens with zero attached hydrogens (tertiary/aromatic N) is 1. The van der Waals surface area contributed by atoms with E-state index in [1.807, 2.05) is 67.7 Å². The van der Waals surface area contributed by atoms with Gasteiger partial charge in [-0.15, -0.1) is 3.95 Å². The number of aromatic nitrogens is 1. The third-order valence-electron chi connectivity index (χ3n) is 3.86. The van der Waals surface area contributed by atoms with Gasteiger partial charge in [-0.2, -0.15) is 4.79 Å². The molecule has 3 rings (SSSR count). The minimum Gasteiger partial charge on any atom is -0.361 e. The van der Waals surface area contributed by atoms with Crippen LogP contribution < -0.4 is 5.32 Å². The van der Waals surface area contributed by atoms with Crippen molar-refractivity contribution in [2.75, 3.05) is 5.32 Å². The van der Waals surface area contributed by atoms with Gasteiger partial charge in [-0.3, -0.25) is 0 Å². The Morgan fingerprint density at radius 1 is 1.22 bits per heavy atom. The fraction of sp³-hybridized carbons (Fsp3) is 0.167. The van der Waals surface area contributed by atoms with Gasteiger partial charge in [0.25, 0.3) is 0 Å². The molecule has 2 N–H and O–H groups in total. The SMILES string of the molecule is CC[C@@H](c1ccccc1)[N+](=S)C(=O)Nc1ccc2cc[nH]c2c1. The minimum absolute atomic E-state index is 0.125. The van der Waals surface area contributed by atoms with Gasteiger partial charge >= 0.3 is 6.03 Å². The van der Waals surface area contributed by atoms with Gasteiger partial charge in [0.1, 0.15) is 24.2 Å². The highest BCUT2D eigenvalue weighted by molar-refractivity contribution is 7.44. The van der Waals surface area contributed by atoms with Crippen LogP contribution in [0.5, 0.6) is 0 Å². The smallest absolute Gasteiger partial charge is 0.361 e. The molecule has 0 saturated carbocycles. The average molecular weight is 324 g/mol. The average Bonchev–Trinajstić information content (AvgIpc) is 3.04. The van der Waals surface area contributed by atoms with Crippen molar-refractivity contribution >= 4 is 35.0 Å². The van der Waals surface area contributed by atoms with Crippen molar-refractivity contribution in [3.05, 3.63) is 66.4 Å². The molecule has 2 aromatic carbocycles. The van der Waals surface area contributed by atoms with E-state index in [4.69, 9.17) is 12.4 Å². The van der Waals surface area contributed by atoms with Gasteiger partial charge in [0, 0.05) is 17.8 Å². The molecule has 0 aliphatic carbocycles. The molecule has 0 bridgehead atoms. The summed E-state index contributed by atoms with van der Waals surface area (Å²) in [5.41, 5.74) is 2.75. The molecular weight excluding hydrogens is 306 g/mol. The van der Waals surface area contributed by atoms with Crippen molar-refractivity contribution in [1.82, 2.24) is 4.98 Å². The zero-order valence-electron chi connectivity index (χ0n) is 12.8. The molecule has 0 spiro atoms. The molecule has 1 heterocycles. The lowest BCUT2D eigenvalue weighted by molar-refractivity contribution is -0.446. The lowest BCUT2D eigenvalue weighted by Gasteiger charge is -2.12. The van der Waals surface area contributed by atoms with Crippen LogP contribution in [0.2, 0.25) is 0 Å². The zero-order valence-corrected chi connectivity index (χ0v) is 13.6. The Labute approximate surface area is 140 Å². The molecule has 0 fully saturated rings. The zero-order chi connectivity index (χ0) is 16.2. The van der Waals surface area contributed by atoms with Gasteiger partial charge in [-0.1, -0.05) is 37.3 Å². The number of benzene rings is 2. The monoisotopic (exact) mass is 324 g/mol. The summed E-state index contributed by atoms with van der Waals surface area (Å²) in [5.74, 6) is 0. The maximum Gasteiger partial charge on any atom is 0.508 e. The van der Waals surface area contributed by atoms with Crippen LogP contribution in [-0.2, 0) is 12.4 Å². The number of hydrogen-bond acceptors (Lipinski definition) is 2. The van der Waals surface area contributed by atoms with Crippen molar-refractivity contribution in [2.24, 2.45) is 0 Å². The molecule has 0 aliphatic heterocycles. The number of hydrogen-bond donors (Lipinski definition) is 2. The fourth-order valence-corrected chi connectivity index (χ4v) is 2.97. The summed E-state index contributed by atoms with van der Waals surface area (Å²) in [6.45, 7) is 2.02. The predicted molar refractivity (Wildman–Crippen MR) is 94.4 cm³/mol. The Balaban J connectivity index is 1.77. The highest BCUT2D eigenvalue weighted by Gasteiger charge is 2.26. The summed E-state index contributed by atoms with van der Waals surface area (Å²) in [5, 5.41) is 3.98. The van der Waals surface area contributed by atoms with E-state index in [0.717, 1.165) is 28.6 Å². The lowest BCUT2D eigenvalue weighted by Crippen LogP contribution is -2.28. The quantitative estimate of drug-likeness (QED) is 0.689. The largest absolute Gasteiger partial charge is 0.508 e. The molecule has 116 valence electrons. The van der Waals surface area contributed by atoms with E-state index in [1.54, 1.807) is 0 Å². The Morgan fingerprint density at radius 3 is 2.74 bits per heavy atom. The topological polar surface area (TPSA) is 47.9 Å². The summed E-state index contributed by atoms with van der Waals surface area (Å²) in [6, 6.07) is 17.2. The molecule has 0 saturated heterocycles. The maximum absolute atomic E-state index is 12.5. The first-order valence-electron chi connectivity index (χ1n) is 7.58. The lowest BCUT2D eigenvalue weighted by atomic mass is 10.1. The van der Waals surface area contributed by atoms with Crippen LogP contribution in [0.3, 0.4) is 0 Å². The van der Waals surface area contributed by atoms with E-state index in [1.165, 1.54) is 3.95 Å². The van der Waals surface area contributed by atoms with Crippen LogP contribution in [-0.4, -0.2) is 15.0 Å². The third kappa shape index (κ3) is 3.29. The van der Waals surface area contributed by atoms with Crippen molar-refractivity contribution < 1.29 is 8.74 Å². The number of carbonyl (C=O) groups excluding carboxylic acids is 1. The number of anilines is 1. The van der Waals surface area contributed by atoms with Gasteiger partial charge in [-0.25, -0.2) is 5.32 Å². The second-order valence-corrected chi connectivity index (χ2v) is 5.76. The fourth-order valence-electron chi connectivity index (χ4n) is 2.66. The maximum atomic E-state index is 12.5. The van der Waals surface area contributed by atoms with E-state index in [9.17, 15) is 4.79 Å². The molecule has 0 radical (unpaired) electrons. The van der Waals surface area contributed by atoms with Crippen LogP contribution in [0.15, 0.2) is 60.8 Å². The molecule has 1 atom stereocenters. The van der Waals surface area contributed by atoms with Crippen molar-refractivity contribution in [1.29, 1.82) is 0 Å². The molecule has 23 heavy (non-hydrogen) atoms. The van der Waals surface area contributed by atoms with Crippen molar-refractivity contribution in [3.63, 3.8) is 0 Å². The molecule has 3 aromatic rings. The van der Waals surface area contributed by atoms with E-state index >= 15 is 0 Å². The Hall–Kier alpha value is -2.53. The molecule has 1 aromatic heterocycles. The normalized spacial score (nSPS) is 12.0. The number of amides is 2. The Bertz CT molecular complexity index is 842.